The van der Waals surface area contributed by atoms with Crippen molar-refractivity contribution in [3.63, 3.8) is 0 Å². The van der Waals surface area contributed by atoms with Crippen molar-refractivity contribution in [1.29, 1.82) is 0 Å². The molecule has 0 bridgehead atoms. The summed E-state index contributed by atoms with van der Waals surface area (Å²) in [7, 11) is 0. The lowest BCUT2D eigenvalue weighted by atomic mass is 9.99. The molecule has 1 heterocycles. The first-order valence-corrected chi connectivity index (χ1v) is 7.37. The summed E-state index contributed by atoms with van der Waals surface area (Å²) in [5.74, 6) is -0.237. The zero-order valence-electron chi connectivity index (χ0n) is 12.8. The van der Waals surface area contributed by atoms with Gasteiger partial charge >= 0.3 is 5.97 Å². The van der Waals surface area contributed by atoms with E-state index in [1.165, 1.54) is 0 Å². The van der Waals surface area contributed by atoms with Crippen LogP contribution in [0.15, 0.2) is 24.3 Å². The molecule has 1 aliphatic heterocycles. The molecule has 22 heavy (non-hydrogen) atoms. The van der Waals surface area contributed by atoms with Crippen LogP contribution in [0, 0.1) is 11.8 Å². The zero-order valence-corrected chi connectivity index (χ0v) is 12.8. The van der Waals surface area contributed by atoms with Gasteiger partial charge in [0.2, 0.25) is 0 Å². The molecule has 0 aromatic heterocycles. The first-order valence-electron chi connectivity index (χ1n) is 7.37. The Morgan fingerprint density at radius 3 is 2.27 bits per heavy atom. The third-order valence-corrected chi connectivity index (χ3v) is 3.78. The molecule has 0 unspecified atom stereocenters. The van der Waals surface area contributed by atoms with Crippen LogP contribution in [0.5, 0.6) is 11.5 Å². The Morgan fingerprint density at radius 2 is 1.77 bits per heavy atom. The van der Waals surface area contributed by atoms with Crippen LogP contribution in [0.4, 0.5) is 0 Å². The molecule has 2 rings (SSSR count). The summed E-state index contributed by atoms with van der Waals surface area (Å²) in [6.45, 7) is 4.97. The van der Waals surface area contributed by atoms with E-state index in [4.69, 9.17) is 14.6 Å². The second-order valence-corrected chi connectivity index (χ2v) is 5.41. The van der Waals surface area contributed by atoms with Gasteiger partial charge in [0.25, 0.3) is 5.91 Å². The fourth-order valence-electron chi connectivity index (χ4n) is 2.53. The molecule has 6 nitrogen and oxygen atoms in total. The molecule has 6 heteroatoms. The van der Waals surface area contributed by atoms with Gasteiger partial charge in [-0.25, -0.2) is 0 Å². The Kier molecular flexibility index (Phi) is 5.25. The molecule has 0 saturated carbocycles. The van der Waals surface area contributed by atoms with E-state index in [0.29, 0.717) is 18.9 Å². The lowest BCUT2D eigenvalue weighted by Crippen LogP contribution is -2.33. The van der Waals surface area contributed by atoms with Gasteiger partial charge in [-0.1, -0.05) is 6.92 Å². The molecular formula is C16H21NO5. The number of carboxylic acids is 1. The van der Waals surface area contributed by atoms with E-state index < -0.39 is 11.9 Å². The second-order valence-electron chi connectivity index (χ2n) is 5.41. The number of carboxylic acid groups (broad SMARTS) is 1. The molecular weight excluding hydrogens is 286 g/mol. The Labute approximate surface area is 129 Å². The maximum atomic E-state index is 12.1. The summed E-state index contributed by atoms with van der Waals surface area (Å²) in [6.07, 6.45) is 0. The van der Waals surface area contributed by atoms with Crippen LogP contribution in [0.3, 0.4) is 0 Å². The van der Waals surface area contributed by atoms with E-state index in [-0.39, 0.29) is 25.0 Å². The SMILES string of the molecule is CCOc1ccc(OCC(=O)N2C[C@@H](C)[C@H](C(=O)O)C2)cc1. The fraction of sp³-hybridized carbons (Fsp3) is 0.500. The second kappa shape index (κ2) is 7.15. The van der Waals surface area contributed by atoms with E-state index in [0.717, 1.165) is 5.75 Å². The van der Waals surface area contributed by atoms with Gasteiger partial charge in [-0.2, -0.15) is 0 Å². The van der Waals surface area contributed by atoms with Gasteiger partial charge in [-0.3, -0.25) is 9.59 Å². The predicted molar refractivity (Wildman–Crippen MR) is 80.0 cm³/mol. The maximum Gasteiger partial charge on any atom is 0.308 e. The number of hydrogen-bond donors (Lipinski definition) is 1. The largest absolute Gasteiger partial charge is 0.494 e. The average molecular weight is 307 g/mol. The molecule has 120 valence electrons. The number of likely N-dealkylation sites (tertiary alicyclic amines) is 1. The third-order valence-electron chi connectivity index (χ3n) is 3.78. The zero-order chi connectivity index (χ0) is 16.1. The number of hydrogen-bond acceptors (Lipinski definition) is 4. The minimum Gasteiger partial charge on any atom is -0.494 e. The molecule has 0 spiro atoms. The normalized spacial score (nSPS) is 20.7. The van der Waals surface area contributed by atoms with Crippen LogP contribution in [-0.2, 0) is 9.59 Å². The monoisotopic (exact) mass is 307 g/mol. The van der Waals surface area contributed by atoms with Crippen molar-refractivity contribution in [2.45, 2.75) is 13.8 Å². The van der Waals surface area contributed by atoms with Gasteiger partial charge in [0.05, 0.1) is 12.5 Å². The van der Waals surface area contributed by atoms with Crippen molar-refractivity contribution in [2.24, 2.45) is 11.8 Å². The van der Waals surface area contributed by atoms with Crippen molar-refractivity contribution in [3.05, 3.63) is 24.3 Å². The fourth-order valence-corrected chi connectivity index (χ4v) is 2.53. The summed E-state index contributed by atoms with van der Waals surface area (Å²) in [5, 5.41) is 9.08. The molecule has 1 aromatic carbocycles. The van der Waals surface area contributed by atoms with Crippen molar-refractivity contribution >= 4 is 11.9 Å². The van der Waals surface area contributed by atoms with E-state index in [2.05, 4.69) is 0 Å². The Morgan fingerprint density at radius 1 is 1.18 bits per heavy atom. The van der Waals surface area contributed by atoms with Crippen LogP contribution in [0.1, 0.15) is 13.8 Å². The minimum absolute atomic E-state index is 0.0353. The van der Waals surface area contributed by atoms with E-state index >= 15 is 0 Å². The Bertz CT molecular complexity index is 528. The van der Waals surface area contributed by atoms with Crippen molar-refractivity contribution in [3.8, 4) is 11.5 Å². The highest BCUT2D eigenvalue weighted by atomic mass is 16.5. The average Bonchev–Trinajstić information content (AvgIpc) is 2.89. The topological polar surface area (TPSA) is 76.1 Å². The first-order chi connectivity index (χ1) is 10.5. The van der Waals surface area contributed by atoms with E-state index in [1.54, 1.807) is 29.2 Å². The highest BCUT2D eigenvalue weighted by Crippen LogP contribution is 2.23. The third kappa shape index (κ3) is 3.90. The number of amides is 1. The quantitative estimate of drug-likeness (QED) is 0.864. The number of nitrogens with zero attached hydrogens (tertiary/aromatic N) is 1. The minimum atomic E-state index is -0.852. The molecule has 1 fully saturated rings. The van der Waals surface area contributed by atoms with Crippen LogP contribution in [0.2, 0.25) is 0 Å². The smallest absolute Gasteiger partial charge is 0.308 e. The van der Waals surface area contributed by atoms with Gasteiger partial charge in [0.15, 0.2) is 6.61 Å². The molecule has 1 N–H and O–H groups in total. The molecule has 1 amide bonds. The highest BCUT2D eigenvalue weighted by Gasteiger charge is 2.36. The highest BCUT2D eigenvalue weighted by molar-refractivity contribution is 5.80. The van der Waals surface area contributed by atoms with Crippen molar-refractivity contribution in [1.82, 2.24) is 4.90 Å². The summed E-state index contributed by atoms with van der Waals surface area (Å²) < 4.78 is 10.8. The number of carbonyl (C=O) groups is 2. The van der Waals surface area contributed by atoms with Crippen LogP contribution in [0.25, 0.3) is 0 Å². The molecule has 1 aliphatic rings. The van der Waals surface area contributed by atoms with Crippen molar-refractivity contribution in [2.75, 3.05) is 26.3 Å². The molecule has 1 saturated heterocycles. The maximum absolute atomic E-state index is 12.1. The van der Waals surface area contributed by atoms with Gasteiger partial charge in [0.1, 0.15) is 11.5 Å². The Balaban J connectivity index is 1.84. The standard InChI is InChI=1S/C16H21NO5/c1-3-21-12-4-6-13(7-5-12)22-10-15(18)17-8-11(2)14(9-17)16(19)20/h4-7,11,14H,3,8-10H2,1-2H3,(H,19,20)/t11-,14-/m1/s1. The lowest BCUT2D eigenvalue weighted by molar-refractivity contribution is -0.142. The van der Waals surface area contributed by atoms with Gasteiger partial charge in [-0.15, -0.1) is 0 Å². The predicted octanol–water partition coefficient (Wildman–Crippen LogP) is 1.64. The number of rotatable bonds is 6. The molecule has 1 aromatic rings. The van der Waals surface area contributed by atoms with Crippen LogP contribution in [-0.4, -0.2) is 48.2 Å². The Hall–Kier alpha value is -2.24. The van der Waals surface area contributed by atoms with Gasteiger partial charge in [0, 0.05) is 13.1 Å². The van der Waals surface area contributed by atoms with Crippen LogP contribution < -0.4 is 9.47 Å². The molecule has 0 aliphatic carbocycles. The number of carbonyl (C=O) groups excluding carboxylic acids is 1. The summed E-state index contributed by atoms with van der Waals surface area (Å²) >= 11 is 0. The summed E-state index contributed by atoms with van der Waals surface area (Å²) in [4.78, 5) is 24.7. The number of benzene rings is 1. The van der Waals surface area contributed by atoms with E-state index in [1.807, 2.05) is 13.8 Å². The number of aliphatic carboxylic acids is 1. The van der Waals surface area contributed by atoms with Crippen molar-refractivity contribution < 1.29 is 24.2 Å². The number of ether oxygens (including phenoxy) is 2. The molecule has 0 radical (unpaired) electrons. The van der Waals surface area contributed by atoms with E-state index in [9.17, 15) is 9.59 Å². The van der Waals surface area contributed by atoms with Gasteiger partial charge < -0.3 is 19.5 Å². The summed E-state index contributed by atoms with van der Waals surface area (Å²) in [5.41, 5.74) is 0. The van der Waals surface area contributed by atoms with Crippen LogP contribution >= 0.6 is 0 Å². The summed E-state index contributed by atoms with van der Waals surface area (Å²) in [6, 6.07) is 7.04. The molecule has 2 atom stereocenters. The first kappa shape index (κ1) is 16.1. The van der Waals surface area contributed by atoms with Gasteiger partial charge in [-0.05, 0) is 37.1 Å². The lowest BCUT2D eigenvalue weighted by Gasteiger charge is -2.16.